The average molecular weight is 363 g/mol. The van der Waals surface area contributed by atoms with Crippen molar-refractivity contribution in [2.45, 2.75) is 38.1 Å². The van der Waals surface area contributed by atoms with E-state index in [0.29, 0.717) is 35.2 Å². The van der Waals surface area contributed by atoms with Gasteiger partial charge in [-0.3, -0.25) is 4.79 Å². The van der Waals surface area contributed by atoms with Crippen LogP contribution in [-0.4, -0.2) is 31.7 Å². The molecule has 0 saturated heterocycles. The monoisotopic (exact) mass is 362 g/mol. The lowest BCUT2D eigenvalue weighted by molar-refractivity contribution is 0.0902. The molecule has 23 heavy (non-hydrogen) atoms. The molecular weight excluding hydrogens is 339 g/mol. The van der Waals surface area contributed by atoms with E-state index >= 15 is 0 Å². The van der Waals surface area contributed by atoms with Crippen LogP contribution in [-0.2, 0) is 0 Å². The Morgan fingerprint density at radius 2 is 2.04 bits per heavy atom. The quantitative estimate of drug-likeness (QED) is 0.814. The summed E-state index contributed by atoms with van der Waals surface area (Å²) in [5.41, 5.74) is 6.01. The van der Waals surface area contributed by atoms with E-state index in [9.17, 15) is 4.79 Å². The molecule has 1 fully saturated rings. The van der Waals surface area contributed by atoms with Crippen LogP contribution in [0.15, 0.2) is 12.1 Å². The molecule has 3 N–H and O–H groups in total. The maximum atomic E-state index is 12.5. The molecule has 1 aliphatic carbocycles. The summed E-state index contributed by atoms with van der Waals surface area (Å²) < 4.78 is 10.7. The molecule has 130 valence electrons. The number of carbonyl (C=O) groups is 1. The fourth-order valence-corrected chi connectivity index (χ4v) is 3.15. The zero-order valence-electron chi connectivity index (χ0n) is 13.5. The second kappa shape index (κ2) is 8.62. The Morgan fingerprint density at radius 3 is 2.57 bits per heavy atom. The lowest BCUT2D eigenvalue weighted by Crippen LogP contribution is -2.51. The number of benzene rings is 1. The molecule has 0 aromatic heterocycles. The second-order valence-corrected chi connectivity index (χ2v) is 5.98. The number of hydrogen-bond donors (Lipinski definition) is 2. The summed E-state index contributed by atoms with van der Waals surface area (Å²) in [4.78, 5) is 12.5. The number of methoxy groups -OCH3 is 1. The third-order valence-corrected chi connectivity index (χ3v) is 4.39. The van der Waals surface area contributed by atoms with Crippen LogP contribution in [0.4, 0.5) is 0 Å². The minimum atomic E-state index is -0.296. The minimum Gasteiger partial charge on any atom is -0.493 e. The predicted octanol–water partition coefficient (Wildman–Crippen LogP) is 3.17. The first-order valence-corrected chi connectivity index (χ1v) is 7.96. The number of halogens is 2. The number of carbonyl (C=O) groups excluding carboxylic acids is 1. The molecule has 1 saturated carbocycles. The van der Waals surface area contributed by atoms with Crippen molar-refractivity contribution < 1.29 is 14.3 Å². The van der Waals surface area contributed by atoms with E-state index in [1.165, 1.54) is 7.11 Å². The van der Waals surface area contributed by atoms with E-state index in [0.717, 1.165) is 25.7 Å². The maximum Gasteiger partial charge on any atom is 0.251 e. The van der Waals surface area contributed by atoms with E-state index in [1.807, 2.05) is 6.92 Å². The predicted molar refractivity (Wildman–Crippen MR) is 94.1 cm³/mol. The van der Waals surface area contributed by atoms with Crippen molar-refractivity contribution in [3.8, 4) is 11.5 Å². The number of amides is 1. The summed E-state index contributed by atoms with van der Waals surface area (Å²) >= 11 is 6.21. The number of ether oxygens (including phenoxy) is 2. The van der Waals surface area contributed by atoms with Crippen LogP contribution in [0, 0.1) is 0 Å². The first-order valence-electron chi connectivity index (χ1n) is 7.58. The van der Waals surface area contributed by atoms with Crippen molar-refractivity contribution in [2.75, 3.05) is 20.3 Å². The van der Waals surface area contributed by atoms with Gasteiger partial charge in [-0.2, -0.15) is 0 Å². The van der Waals surface area contributed by atoms with Gasteiger partial charge < -0.3 is 20.5 Å². The molecule has 0 radical (unpaired) electrons. The average Bonchev–Trinajstić information content (AvgIpc) is 2.98. The van der Waals surface area contributed by atoms with Crippen LogP contribution in [0.3, 0.4) is 0 Å². The Balaban J connectivity index is 0.00000264. The fourth-order valence-electron chi connectivity index (χ4n) is 2.88. The molecule has 7 heteroatoms. The van der Waals surface area contributed by atoms with Crippen LogP contribution in [0.5, 0.6) is 11.5 Å². The summed E-state index contributed by atoms with van der Waals surface area (Å²) in [6, 6.07) is 3.24. The summed E-state index contributed by atoms with van der Waals surface area (Å²) in [7, 11) is 1.52. The van der Waals surface area contributed by atoms with E-state index in [-0.39, 0.29) is 23.9 Å². The molecule has 0 atom stereocenters. The number of nitrogens with two attached hydrogens (primary N) is 1. The zero-order chi connectivity index (χ0) is 16.2. The highest BCUT2D eigenvalue weighted by atomic mass is 35.5. The molecule has 1 aromatic rings. The van der Waals surface area contributed by atoms with Gasteiger partial charge in [-0.05, 0) is 31.9 Å². The third-order valence-electron chi connectivity index (χ3n) is 4.11. The summed E-state index contributed by atoms with van der Waals surface area (Å²) in [5.74, 6) is 0.723. The summed E-state index contributed by atoms with van der Waals surface area (Å²) in [5, 5.41) is 3.43. The van der Waals surface area contributed by atoms with Crippen LogP contribution < -0.4 is 20.5 Å². The van der Waals surface area contributed by atoms with Gasteiger partial charge in [0.1, 0.15) is 0 Å². The topological polar surface area (TPSA) is 73.6 Å². The van der Waals surface area contributed by atoms with Crippen molar-refractivity contribution in [3.63, 3.8) is 0 Å². The van der Waals surface area contributed by atoms with Gasteiger partial charge in [0.15, 0.2) is 11.5 Å². The van der Waals surface area contributed by atoms with Crippen LogP contribution in [0.25, 0.3) is 0 Å². The highest BCUT2D eigenvalue weighted by Gasteiger charge is 2.34. The minimum absolute atomic E-state index is 0. The molecule has 0 spiro atoms. The standard InChI is InChI=1S/C16H23ClN2O3.ClH/c1-3-22-14-12(17)8-11(9-13(14)21-2)15(20)19-16(10-18)6-4-5-7-16;/h8-9H,3-7,10,18H2,1-2H3,(H,19,20);1H. The fraction of sp³-hybridized carbons (Fsp3) is 0.562. The molecule has 1 aromatic carbocycles. The van der Waals surface area contributed by atoms with E-state index in [2.05, 4.69) is 5.32 Å². The number of nitrogens with one attached hydrogen (secondary N) is 1. The van der Waals surface area contributed by atoms with Gasteiger partial charge in [0.2, 0.25) is 0 Å². The van der Waals surface area contributed by atoms with Gasteiger partial charge in [0, 0.05) is 12.1 Å². The second-order valence-electron chi connectivity index (χ2n) is 5.57. The van der Waals surface area contributed by atoms with Gasteiger partial charge in [-0.1, -0.05) is 24.4 Å². The van der Waals surface area contributed by atoms with Crippen molar-refractivity contribution in [1.29, 1.82) is 0 Å². The molecular formula is C16H24Cl2N2O3. The molecule has 0 unspecified atom stereocenters. The van der Waals surface area contributed by atoms with Crippen LogP contribution in [0.1, 0.15) is 43.0 Å². The number of rotatable bonds is 6. The van der Waals surface area contributed by atoms with Gasteiger partial charge in [0.05, 0.1) is 24.3 Å². The van der Waals surface area contributed by atoms with E-state index in [4.69, 9.17) is 26.8 Å². The summed E-state index contributed by atoms with van der Waals surface area (Å²) in [6.45, 7) is 2.78. The smallest absolute Gasteiger partial charge is 0.251 e. The Kier molecular flexibility index (Phi) is 7.45. The lowest BCUT2D eigenvalue weighted by atomic mass is 9.97. The Morgan fingerprint density at radius 1 is 1.39 bits per heavy atom. The van der Waals surface area contributed by atoms with Crippen LogP contribution >= 0.6 is 24.0 Å². The largest absolute Gasteiger partial charge is 0.493 e. The summed E-state index contributed by atoms with van der Waals surface area (Å²) in [6.07, 6.45) is 4.00. The van der Waals surface area contributed by atoms with Crippen LogP contribution in [0.2, 0.25) is 5.02 Å². The number of hydrogen-bond acceptors (Lipinski definition) is 4. The van der Waals surface area contributed by atoms with Gasteiger partial charge in [-0.15, -0.1) is 12.4 Å². The SMILES string of the molecule is CCOc1c(Cl)cc(C(=O)NC2(CN)CCCC2)cc1OC.Cl. The highest BCUT2D eigenvalue weighted by molar-refractivity contribution is 6.32. The van der Waals surface area contributed by atoms with Crippen molar-refractivity contribution in [2.24, 2.45) is 5.73 Å². The van der Waals surface area contributed by atoms with Gasteiger partial charge in [0.25, 0.3) is 5.91 Å². The van der Waals surface area contributed by atoms with Crippen molar-refractivity contribution in [1.82, 2.24) is 5.32 Å². The lowest BCUT2D eigenvalue weighted by Gasteiger charge is -2.28. The normalized spacial score (nSPS) is 15.7. The van der Waals surface area contributed by atoms with E-state index in [1.54, 1.807) is 12.1 Å². The Bertz CT molecular complexity index is 546. The molecule has 5 nitrogen and oxygen atoms in total. The first kappa shape index (κ1) is 19.9. The Hall–Kier alpha value is -1.17. The Labute approximate surface area is 148 Å². The zero-order valence-corrected chi connectivity index (χ0v) is 15.1. The van der Waals surface area contributed by atoms with Gasteiger partial charge in [-0.25, -0.2) is 0 Å². The first-order chi connectivity index (χ1) is 10.5. The molecule has 2 rings (SSSR count). The molecule has 0 bridgehead atoms. The van der Waals surface area contributed by atoms with Crippen molar-refractivity contribution in [3.05, 3.63) is 22.7 Å². The maximum absolute atomic E-state index is 12.5. The molecule has 0 heterocycles. The highest BCUT2D eigenvalue weighted by Crippen LogP contribution is 2.37. The molecule has 0 aliphatic heterocycles. The third kappa shape index (κ3) is 4.43. The molecule has 1 aliphatic rings. The van der Waals surface area contributed by atoms with Crippen molar-refractivity contribution >= 4 is 29.9 Å². The molecule has 1 amide bonds. The van der Waals surface area contributed by atoms with E-state index < -0.39 is 0 Å². The van der Waals surface area contributed by atoms with Gasteiger partial charge >= 0.3 is 0 Å².